The lowest BCUT2D eigenvalue weighted by atomic mass is 10.1. The first-order valence-electron chi connectivity index (χ1n) is 6.42. The van der Waals surface area contributed by atoms with Crippen molar-refractivity contribution in [3.05, 3.63) is 33.4 Å². The van der Waals surface area contributed by atoms with Crippen molar-refractivity contribution in [2.45, 2.75) is 12.5 Å². The number of benzene rings is 1. The minimum atomic E-state index is -0.747. The van der Waals surface area contributed by atoms with Gasteiger partial charge in [0.05, 0.1) is 13.2 Å². The summed E-state index contributed by atoms with van der Waals surface area (Å²) in [6.45, 7) is 0.608. The summed E-state index contributed by atoms with van der Waals surface area (Å²) >= 11 is 2.20. The number of primary amides is 1. The van der Waals surface area contributed by atoms with Crippen LogP contribution in [0.1, 0.15) is 5.56 Å². The summed E-state index contributed by atoms with van der Waals surface area (Å²) < 4.78 is 11.0. The predicted molar refractivity (Wildman–Crippen MR) is 86.7 cm³/mol. The van der Waals surface area contributed by atoms with E-state index in [0.29, 0.717) is 19.6 Å². The highest BCUT2D eigenvalue weighted by Crippen LogP contribution is 2.08. The van der Waals surface area contributed by atoms with Crippen molar-refractivity contribution < 1.29 is 19.1 Å². The van der Waals surface area contributed by atoms with Gasteiger partial charge in [0.1, 0.15) is 12.6 Å². The Hall–Kier alpha value is -1.19. The second-order valence-corrected chi connectivity index (χ2v) is 5.64. The van der Waals surface area contributed by atoms with Gasteiger partial charge in [-0.1, -0.05) is 12.1 Å². The number of amides is 2. The molecule has 0 aliphatic rings. The summed E-state index contributed by atoms with van der Waals surface area (Å²) in [5.41, 5.74) is 6.25. The first-order chi connectivity index (χ1) is 10.0. The molecule has 0 spiro atoms. The van der Waals surface area contributed by atoms with Crippen LogP contribution in [0.15, 0.2) is 24.3 Å². The summed E-state index contributed by atoms with van der Waals surface area (Å²) in [5.74, 6) is -0.945. The van der Waals surface area contributed by atoms with Crippen molar-refractivity contribution in [3.8, 4) is 0 Å². The Morgan fingerprint density at radius 3 is 2.52 bits per heavy atom. The van der Waals surface area contributed by atoms with Crippen molar-refractivity contribution >= 4 is 34.4 Å². The molecule has 116 valence electrons. The van der Waals surface area contributed by atoms with Gasteiger partial charge in [-0.2, -0.15) is 0 Å². The second kappa shape index (κ2) is 9.69. The molecule has 3 N–H and O–H groups in total. The molecule has 0 aliphatic carbocycles. The standard InChI is InChI=1S/C14H19IN2O4/c1-20-6-7-21-9-13(18)17-12(14(16)19)8-10-2-4-11(15)5-3-10/h2-5,12H,6-9H2,1H3,(H2,16,19)(H,17,18)/t12-/m0/s1. The molecule has 21 heavy (non-hydrogen) atoms. The molecular formula is C14H19IN2O4. The quantitative estimate of drug-likeness (QED) is 0.461. The zero-order valence-electron chi connectivity index (χ0n) is 11.8. The number of nitrogens with one attached hydrogen (secondary N) is 1. The van der Waals surface area contributed by atoms with E-state index in [9.17, 15) is 9.59 Å². The van der Waals surface area contributed by atoms with E-state index >= 15 is 0 Å². The van der Waals surface area contributed by atoms with E-state index in [1.165, 1.54) is 0 Å². The molecule has 1 aromatic carbocycles. The summed E-state index contributed by atoms with van der Waals surface area (Å²) in [6.07, 6.45) is 0.357. The van der Waals surface area contributed by atoms with E-state index in [1.54, 1.807) is 7.11 Å². The molecule has 1 atom stereocenters. The van der Waals surface area contributed by atoms with Gasteiger partial charge in [0.2, 0.25) is 11.8 Å². The van der Waals surface area contributed by atoms with E-state index in [-0.39, 0.29) is 12.5 Å². The molecule has 0 fully saturated rings. The number of halogens is 1. The van der Waals surface area contributed by atoms with Crippen LogP contribution in [0, 0.1) is 3.57 Å². The van der Waals surface area contributed by atoms with Crippen molar-refractivity contribution in [1.82, 2.24) is 5.32 Å². The van der Waals surface area contributed by atoms with E-state index in [0.717, 1.165) is 9.13 Å². The first-order valence-corrected chi connectivity index (χ1v) is 7.50. The van der Waals surface area contributed by atoms with E-state index in [1.807, 2.05) is 24.3 Å². The maximum atomic E-state index is 11.7. The molecule has 2 amide bonds. The van der Waals surface area contributed by atoms with Crippen molar-refractivity contribution in [3.63, 3.8) is 0 Å². The smallest absolute Gasteiger partial charge is 0.246 e. The highest BCUT2D eigenvalue weighted by atomic mass is 127. The fourth-order valence-electron chi connectivity index (χ4n) is 1.62. The molecule has 1 rings (SSSR count). The van der Waals surface area contributed by atoms with Crippen molar-refractivity contribution in [2.24, 2.45) is 5.73 Å². The van der Waals surface area contributed by atoms with Gasteiger partial charge >= 0.3 is 0 Å². The Labute approximate surface area is 137 Å². The number of methoxy groups -OCH3 is 1. The first kappa shape index (κ1) is 17.9. The topological polar surface area (TPSA) is 90.7 Å². The van der Waals surface area contributed by atoms with Gasteiger partial charge in [-0.25, -0.2) is 0 Å². The maximum Gasteiger partial charge on any atom is 0.246 e. The molecule has 0 bridgehead atoms. The van der Waals surface area contributed by atoms with Crippen LogP contribution in [0.2, 0.25) is 0 Å². The largest absolute Gasteiger partial charge is 0.382 e. The lowest BCUT2D eigenvalue weighted by Crippen LogP contribution is -2.47. The number of nitrogens with two attached hydrogens (primary N) is 1. The lowest BCUT2D eigenvalue weighted by Gasteiger charge is -2.15. The average Bonchev–Trinajstić information content (AvgIpc) is 2.45. The van der Waals surface area contributed by atoms with Gasteiger partial charge in [0.25, 0.3) is 0 Å². The summed E-state index contributed by atoms with van der Waals surface area (Å²) in [5, 5.41) is 2.58. The fraction of sp³-hybridized carbons (Fsp3) is 0.429. The Morgan fingerprint density at radius 1 is 1.29 bits per heavy atom. The SMILES string of the molecule is COCCOCC(=O)N[C@@H](Cc1ccc(I)cc1)C(N)=O. The monoisotopic (exact) mass is 406 g/mol. The highest BCUT2D eigenvalue weighted by molar-refractivity contribution is 14.1. The summed E-state index contributed by atoms with van der Waals surface area (Å²) in [7, 11) is 1.55. The number of hydrogen-bond acceptors (Lipinski definition) is 4. The third-order valence-corrected chi connectivity index (χ3v) is 3.42. The van der Waals surface area contributed by atoms with E-state index < -0.39 is 11.9 Å². The normalized spacial score (nSPS) is 11.9. The van der Waals surface area contributed by atoms with Crippen LogP contribution in [0.5, 0.6) is 0 Å². The van der Waals surface area contributed by atoms with Gasteiger partial charge in [0, 0.05) is 17.1 Å². The lowest BCUT2D eigenvalue weighted by molar-refractivity contribution is -0.130. The van der Waals surface area contributed by atoms with Crippen molar-refractivity contribution in [2.75, 3.05) is 26.9 Å². The van der Waals surface area contributed by atoms with Gasteiger partial charge in [-0.05, 0) is 40.3 Å². The second-order valence-electron chi connectivity index (χ2n) is 4.40. The highest BCUT2D eigenvalue weighted by Gasteiger charge is 2.18. The summed E-state index contributed by atoms with van der Waals surface area (Å²) in [6, 6.07) is 6.93. The number of rotatable bonds is 9. The van der Waals surface area contributed by atoms with Crippen LogP contribution in [0.3, 0.4) is 0 Å². The molecule has 0 saturated carbocycles. The van der Waals surface area contributed by atoms with Gasteiger partial charge in [-0.15, -0.1) is 0 Å². The molecule has 0 aromatic heterocycles. The zero-order valence-corrected chi connectivity index (χ0v) is 14.0. The minimum absolute atomic E-state index is 0.125. The molecule has 7 heteroatoms. The van der Waals surface area contributed by atoms with Crippen LogP contribution in [-0.4, -0.2) is 44.8 Å². The Kier molecular flexibility index (Phi) is 8.24. The van der Waals surface area contributed by atoms with Crippen LogP contribution < -0.4 is 11.1 Å². The number of ether oxygens (including phenoxy) is 2. The Morgan fingerprint density at radius 2 is 1.95 bits per heavy atom. The Balaban J connectivity index is 2.48. The number of carbonyl (C=O) groups excluding carboxylic acids is 2. The molecule has 0 saturated heterocycles. The third-order valence-electron chi connectivity index (χ3n) is 2.70. The number of carbonyl (C=O) groups is 2. The van der Waals surface area contributed by atoms with Crippen LogP contribution in [0.4, 0.5) is 0 Å². The zero-order chi connectivity index (χ0) is 15.7. The van der Waals surface area contributed by atoms with Crippen LogP contribution in [-0.2, 0) is 25.5 Å². The molecule has 0 aliphatic heterocycles. The molecule has 1 aromatic rings. The van der Waals surface area contributed by atoms with Crippen molar-refractivity contribution in [1.29, 1.82) is 0 Å². The molecular weight excluding hydrogens is 387 g/mol. The van der Waals surface area contributed by atoms with Gasteiger partial charge < -0.3 is 20.5 Å². The van der Waals surface area contributed by atoms with E-state index in [4.69, 9.17) is 15.2 Å². The molecule has 0 radical (unpaired) electrons. The molecule has 0 unspecified atom stereocenters. The fourth-order valence-corrected chi connectivity index (χ4v) is 1.98. The maximum absolute atomic E-state index is 11.7. The van der Waals surface area contributed by atoms with Gasteiger partial charge in [-0.3, -0.25) is 9.59 Å². The number of hydrogen-bond donors (Lipinski definition) is 2. The summed E-state index contributed by atoms with van der Waals surface area (Å²) in [4.78, 5) is 23.1. The Bertz CT molecular complexity index is 465. The molecule has 6 nitrogen and oxygen atoms in total. The van der Waals surface area contributed by atoms with Crippen LogP contribution >= 0.6 is 22.6 Å². The average molecular weight is 406 g/mol. The molecule has 0 heterocycles. The predicted octanol–water partition coefficient (Wildman–Crippen LogP) is 0.467. The van der Waals surface area contributed by atoms with Crippen LogP contribution in [0.25, 0.3) is 0 Å². The van der Waals surface area contributed by atoms with E-state index in [2.05, 4.69) is 27.9 Å². The third kappa shape index (κ3) is 7.39. The van der Waals surface area contributed by atoms with Gasteiger partial charge in [0.15, 0.2) is 0 Å². The minimum Gasteiger partial charge on any atom is -0.382 e.